The van der Waals surface area contributed by atoms with E-state index in [1.807, 2.05) is 29.6 Å². The molecule has 0 bridgehead atoms. The number of benzene rings is 1. The highest BCUT2D eigenvalue weighted by atomic mass is 35.5. The minimum Gasteiger partial charge on any atom is -0.493 e. The van der Waals surface area contributed by atoms with Crippen LogP contribution >= 0.6 is 34.3 Å². The average Bonchev–Trinajstić information content (AvgIpc) is 3.18. The van der Waals surface area contributed by atoms with Crippen molar-refractivity contribution in [2.75, 3.05) is 11.9 Å². The van der Waals surface area contributed by atoms with Gasteiger partial charge in [0.2, 0.25) is 5.13 Å². The maximum Gasteiger partial charge on any atom is 0.206 e. The van der Waals surface area contributed by atoms with Crippen LogP contribution < -0.4 is 10.1 Å². The number of fused-ring (bicyclic) bond motifs is 1. The van der Waals surface area contributed by atoms with Crippen molar-refractivity contribution in [3.05, 3.63) is 46.3 Å². The second-order valence-electron chi connectivity index (χ2n) is 4.91. The number of thiophene rings is 1. The van der Waals surface area contributed by atoms with Crippen LogP contribution in [-0.4, -0.2) is 16.8 Å². The van der Waals surface area contributed by atoms with Crippen LogP contribution in [0.3, 0.4) is 0 Å². The molecule has 0 radical (unpaired) electrons. The largest absolute Gasteiger partial charge is 0.493 e. The van der Waals surface area contributed by atoms with Gasteiger partial charge in [0, 0.05) is 17.0 Å². The average molecular weight is 350 g/mol. The Balaban J connectivity index is 1.59. The summed E-state index contributed by atoms with van der Waals surface area (Å²) in [5.41, 5.74) is 1.08. The molecule has 1 unspecified atom stereocenters. The monoisotopic (exact) mass is 349 g/mol. The van der Waals surface area contributed by atoms with E-state index in [0.29, 0.717) is 11.6 Å². The lowest BCUT2D eigenvalue weighted by molar-refractivity contribution is 0.274. The molecular weight excluding hydrogens is 338 g/mol. The summed E-state index contributed by atoms with van der Waals surface area (Å²) in [4.78, 5) is 1.14. The lowest BCUT2D eigenvalue weighted by Crippen LogP contribution is -2.20. The van der Waals surface area contributed by atoms with Crippen molar-refractivity contribution in [3.63, 3.8) is 0 Å². The fraction of sp³-hybridized carbons (Fsp3) is 0.200. The Morgan fingerprint density at radius 1 is 1.27 bits per heavy atom. The molecular formula is C15H12ClN3OS2. The third-order valence-corrected chi connectivity index (χ3v) is 5.59. The van der Waals surface area contributed by atoms with Gasteiger partial charge in [-0.25, -0.2) is 0 Å². The molecule has 1 aromatic carbocycles. The molecule has 0 aliphatic carbocycles. The standard InChI is InChI=1S/C15H12ClN3OS2/c16-9-3-4-12-10(8-9)11(5-6-20-12)17-15-19-18-14(22-15)13-2-1-7-21-13/h1-4,7-8,11H,5-6H2,(H,17,19). The van der Waals surface area contributed by atoms with Gasteiger partial charge in [-0.3, -0.25) is 0 Å². The number of nitrogens with one attached hydrogen (secondary N) is 1. The van der Waals surface area contributed by atoms with Gasteiger partial charge in [-0.2, -0.15) is 0 Å². The summed E-state index contributed by atoms with van der Waals surface area (Å²) in [6.45, 7) is 0.683. The molecule has 1 aliphatic heterocycles. The molecule has 2 aromatic heterocycles. The lowest BCUT2D eigenvalue weighted by Gasteiger charge is -2.26. The highest BCUT2D eigenvalue weighted by molar-refractivity contribution is 7.22. The third-order valence-electron chi connectivity index (χ3n) is 3.47. The quantitative estimate of drug-likeness (QED) is 0.733. The smallest absolute Gasteiger partial charge is 0.206 e. The number of halogens is 1. The number of anilines is 1. The summed E-state index contributed by atoms with van der Waals surface area (Å²) in [5.74, 6) is 0.885. The maximum absolute atomic E-state index is 6.11. The second kappa shape index (κ2) is 5.87. The fourth-order valence-electron chi connectivity index (χ4n) is 2.45. The van der Waals surface area contributed by atoms with E-state index in [-0.39, 0.29) is 6.04 Å². The van der Waals surface area contributed by atoms with E-state index >= 15 is 0 Å². The highest BCUT2D eigenvalue weighted by Crippen LogP contribution is 2.37. The number of hydrogen-bond donors (Lipinski definition) is 1. The van der Waals surface area contributed by atoms with Crippen LogP contribution in [0.4, 0.5) is 5.13 Å². The third kappa shape index (κ3) is 2.69. The van der Waals surface area contributed by atoms with Gasteiger partial charge in [-0.15, -0.1) is 21.5 Å². The molecule has 0 spiro atoms. The molecule has 4 nitrogen and oxygen atoms in total. The Bertz CT molecular complexity index is 788. The predicted molar refractivity (Wildman–Crippen MR) is 91.1 cm³/mol. The van der Waals surface area contributed by atoms with Gasteiger partial charge in [0.25, 0.3) is 0 Å². The van der Waals surface area contributed by atoms with E-state index in [2.05, 4.69) is 21.6 Å². The van der Waals surface area contributed by atoms with Crippen LogP contribution in [0.25, 0.3) is 9.88 Å². The molecule has 0 amide bonds. The van der Waals surface area contributed by atoms with E-state index in [9.17, 15) is 0 Å². The molecule has 112 valence electrons. The number of ether oxygens (including phenoxy) is 1. The van der Waals surface area contributed by atoms with Crippen molar-refractivity contribution in [1.82, 2.24) is 10.2 Å². The minimum absolute atomic E-state index is 0.145. The molecule has 1 atom stereocenters. The number of nitrogens with zero attached hydrogens (tertiary/aromatic N) is 2. The zero-order valence-corrected chi connectivity index (χ0v) is 13.8. The molecule has 22 heavy (non-hydrogen) atoms. The van der Waals surface area contributed by atoms with Gasteiger partial charge in [0.1, 0.15) is 5.75 Å². The molecule has 0 saturated heterocycles. The summed E-state index contributed by atoms with van der Waals surface area (Å²) in [6.07, 6.45) is 0.876. The van der Waals surface area contributed by atoms with Crippen LogP contribution in [-0.2, 0) is 0 Å². The van der Waals surface area contributed by atoms with Crippen molar-refractivity contribution >= 4 is 39.4 Å². The molecule has 0 fully saturated rings. The maximum atomic E-state index is 6.11. The van der Waals surface area contributed by atoms with Gasteiger partial charge in [-0.05, 0) is 29.6 Å². The first-order chi connectivity index (χ1) is 10.8. The summed E-state index contributed by atoms with van der Waals surface area (Å²) < 4.78 is 5.68. The minimum atomic E-state index is 0.145. The molecule has 7 heteroatoms. The van der Waals surface area contributed by atoms with Gasteiger partial charge >= 0.3 is 0 Å². The summed E-state index contributed by atoms with van der Waals surface area (Å²) in [7, 11) is 0. The number of rotatable bonds is 3. The van der Waals surface area contributed by atoms with E-state index in [4.69, 9.17) is 16.3 Å². The lowest BCUT2D eigenvalue weighted by atomic mass is 10.0. The van der Waals surface area contributed by atoms with E-state index in [1.54, 1.807) is 22.7 Å². The van der Waals surface area contributed by atoms with Crippen molar-refractivity contribution in [2.45, 2.75) is 12.5 Å². The molecule has 1 aliphatic rings. The first kappa shape index (κ1) is 14.0. The Hall–Kier alpha value is -1.63. The zero-order chi connectivity index (χ0) is 14.9. The van der Waals surface area contributed by atoms with Crippen molar-refractivity contribution < 1.29 is 4.74 Å². The SMILES string of the molecule is Clc1ccc2c(c1)C(Nc1nnc(-c3cccs3)s1)CCO2. The molecule has 0 saturated carbocycles. The summed E-state index contributed by atoms with van der Waals surface area (Å²) in [5, 5.41) is 16.5. The normalized spacial score (nSPS) is 16.9. The molecule has 1 N–H and O–H groups in total. The predicted octanol–water partition coefficient (Wildman–Crippen LogP) is 4.86. The van der Waals surface area contributed by atoms with Gasteiger partial charge in [-0.1, -0.05) is 29.0 Å². The van der Waals surface area contributed by atoms with Crippen LogP contribution in [0.2, 0.25) is 5.02 Å². The van der Waals surface area contributed by atoms with E-state index < -0.39 is 0 Å². The van der Waals surface area contributed by atoms with Gasteiger partial charge < -0.3 is 10.1 Å². The van der Waals surface area contributed by atoms with E-state index in [0.717, 1.165) is 32.8 Å². The highest BCUT2D eigenvalue weighted by Gasteiger charge is 2.23. The molecule has 3 aromatic rings. The Morgan fingerprint density at radius 3 is 3.09 bits per heavy atom. The molecule has 4 rings (SSSR count). The van der Waals surface area contributed by atoms with Gasteiger partial charge in [0.05, 0.1) is 17.5 Å². The first-order valence-corrected chi connectivity index (χ1v) is 8.93. The van der Waals surface area contributed by atoms with Gasteiger partial charge in [0.15, 0.2) is 5.01 Å². The topological polar surface area (TPSA) is 47.0 Å². The van der Waals surface area contributed by atoms with Crippen LogP contribution in [0.15, 0.2) is 35.7 Å². The zero-order valence-electron chi connectivity index (χ0n) is 11.5. The summed E-state index contributed by atoms with van der Waals surface area (Å²) in [6, 6.07) is 9.94. The Kier molecular flexibility index (Phi) is 3.73. The first-order valence-electron chi connectivity index (χ1n) is 6.86. The van der Waals surface area contributed by atoms with Crippen molar-refractivity contribution in [1.29, 1.82) is 0 Å². The molecule has 3 heterocycles. The Labute approximate surface area is 140 Å². The number of hydrogen-bond acceptors (Lipinski definition) is 6. The Morgan fingerprint density at radius 2 is 2.23 bits per heavy atom. The van der Waals surface area contributed by atoms with Crippen LogP contribution in [0.5, 0.6) is 5.75 Å². The van der Waals surface area contributed by atoms with Crippen molar-refractivity contribution in [2.24, 2.45) is 0 Å². The van der Waals surface area contributed by atoms with Crippen LogP contribution in [0, 0.1) is 0 Å². The number of aromatic nitrogens is 2. The fourth-order valence-corrected chi connectivity index (χ4v) is 4.21. The second-order valence-corrected chi connectivity index (χ2v) is 7.27. The van der Waals surface area contributed by atoms with Crippen molar-refractivity contribution in [3.8, 4) is 15.6 Å². The van der Waals surface area contributed by atoms with E-state index in [1.165, 1.54) is 0 Å². The van der Waals surface area contributed by atoms with Crippen LogP contribution in [0.1, 0.15) is 18.0 Å². The summed E-state index contributed by atoms with van der Waals surface area (Å²) >= 11 is 9.34.